The van der Waals surface area contributed by atoms with Crippen LogP contribution in [0, 0.1) is 6.92 Å². The molecule has 0 spiro atoms. The van der Waals surface area contributed by atoms with Crippen LogP contribution in [0.1, 0.15) is 78.5 Å². The van der Waals surface area contributed by atoms with E-state index in [4.69, 9.17) is 4.74 Å². The molecule has 0 fully saturated rings. The van der Waals surface area contributed by atoms with Crippen molar-refractivity contribution < 1.29 is 9.53 Å². The Balaban J connectivity index is 3.07. The molecule has 1 N–H and O–H groups in total. The molecule has 0 saturated carbocycles. The van der Waals surface area contributed by atoms with E-state index in [1.807, 2.05) is 25.7 Å². The Kier molecular flexibility index (Phi) is 7.78. The van der Waals surface area contributed by atoms with E-state index in [1.165, 1.54) is 5.56 Å². The number of carbonyl (C=O) groups is 1. The van der Waals surface area contributed by atoms with Gasteiger partial charge in [-0.05, 0) is 72.1 Å². The van der Waals surface area contributed by atoms with Crippen LogP contribution >= 0.6 is 0 Å². The van der Waals surface area contributed by atoms with Gasteiger partial charge in [-0.2, -0.15) is 0 Å². The van der Waals surface area contributed by atoms with Crippen molar-refractivity contribution in [3.05, 3.63) is 29.3 Å². The lowest BCUT2D eigenvalue weighted by molar-refractivity contribution is 0.0170. The second-order valence-corrected chi connectivity index (χ2v) is 8.08. The normalized spacial score (nSPS) is 12.8. The molecular formula is C21H36N2O2. The smallest absolute Gasteiger partial charge is 0.410 e. The number of nitrogens with one attached hydrogen (secondary N) is 1. The molecule has 0 bridgehead atoms. The molecule has 1 unspecified atom stereocenters. The molecule has 0 heterocycles. The fourth-order valence-corrected chi connectivity index (χ4v) is 2.64. The monoisotopic (exact) mass is 348 g/mol. The minimum atomic E-state index is -0.487. The topological polar surface area (TPSA) is 41.6 Å². The van der Waals surface area contributed by atoms with Crippen LogP contribution in [0.2, 0.25) is 0 Å². The number of unbranched alkanes of at least 4 members (excludes halogenated alkanes) is 1. The summed E-state index contributed by atoms with van der Waals surface area (Å²) in [6, 6.07) is 6.71. The van der Waals surface area contributed by atoms with E-state index in [2.05, 4.69) is 58.1 Å². The van der Waals surface area contributed by atoms with Gasteiger partial charge < -0.3 is 15.0 Å². The van der Waals surface area contributed by atoms with Gasteiger partial charge in [0.15, 0.2) is 0 Å². The number of aryl methyl sites for hydroxylation is 1. The molecule has 4 heteroatoms. The fourth-order valence-electron chi connectivity index (χ4n) is 2.64. The number of hydrogen-bond donors (Lipinski definition) is 1. The Bertz CT molecular complexity index is 562. The maximum absolute atomic E-state index is 12.7. The third-order valence-corrected chi connectivity index (χ3v) is 4.04. The minimum absolute atomic E-state index is 0.0327. The van der Waals surface area contributed by atoms with Gasteiger partial charge in [-0.25, -0.2) is 4.79 Å². The zero-order valence-corrected chi connectivity index (χ0v) is 17.3. The largest absolute Gasteiger partial charge is 0.444 e. The van der Waals surface area contributed by atoms with Crippen molar-refractivity contribution in [2.24, 2.45) is 0 Å². The first kappa shape index (κ1) is 21.3. The highest BCUT2D eigenvalue weighted by Gasteiger charge is 2.26. The zero-order chi connectivity index (χ0) is 19.2. The molecule has 0 aliphatic heterocycles. The van der Waals surface area contributed by atoms with Crippen LogP contribution in [-0.4, -0.2) is 29.2 Å². The Hall–Kier alpha value is -1.71. The van der Waals surface area contributed by atoms with Gasteiger partial charge >= 0.3 is 6.09 Å². The Morgan fingerprint density at radius 2 is 1.88 bits per heavy atom. The number of benzene rings is 1. The molecule has 1 aromatic rings. The highest BCUT2D eigenvalue weighted by molar-refractivity contribution is 5.69. The summed E-state index contributed by atoms with van der Waals surface area (Å²) in [5, 5.41) is 3.48. The Labute approximate surface area is 153 Å². The fraction of sp³-hybridized carbons (Fsp3) is 0.667. The van der Waals surface area contributed by atoms with Crippen LogP contribution < -0.4 is 5.32 Å². The van der Waals surface area contributed by atoms with Gasteiger partial charge in [0.25, 0.3) is 0 Å². The Morgan fingerprint density at radius 3 is 2.40 bits per heavy atom. The van der Waals surface area contributed by atoms with Gasteiger partial charge in [0.1, 0.15) is 5.60 Å². The summed E-state index contributed by atoms with van der Waals surface area (Å²) in [5.41, 5.74) is 2.97. The van der Waals surface area contributed by atoms with Gasteiger partial charge in [-0.1, -0.05) is 25.5 Å². The second kappa shape index (κ2) is 9.12. The predicted octanol–water partition coefficient (Wildman–Crippen LogP) is 5.91. The maximum atomic E-state index is 12.7. The molecular weight excluding hydrogens is 312 g/mol. The van der Waals surface area contributed by atoms with E-state index in [9.17, 15) is 4.79 Å². The zero-order valence-electron chi connectivity index (χ0n) is 17.3. The molecule has 0 aliphatic carbocycles. The Morgan fingerprint density at radius 1 is 1.24 bits per heavy atom. The summed E-state index contributed by atoms with van der Waals surface area (Å²) in [7, 11) is 0. The molecule has 1 aromatic carbocycles. The number of amides is 1. The van der Waals surface area contributed by atoms with E-state index in [0.29, 0.717) is 12.6 Å². The summed E-state index contributed by atoms with van der Waals surface area (Å²) in [6.45, 7) is 17.0. The molecule has 0 aromatic heterocycles. The molecule has 0 aliphatic rings. The number of hydrogen-bond acceptors (Lipinski definition) is 3. The van der Waals surface area contributed by atoms with E-state index in [1.54, 1.807) is 0 Å². The lowest BCUT2D eigenvalue weighted by Crippen LogP contribution is -2.39. The van der Waals surface area contributed by atoms with Crippen LogP contribution in [0.3, 0.4) is 0 Å². The van der Waals surface area contributed by atoms with Gasteiger partial charge in [0.05, 0.1) is 6.04 Å². The number of carbonyl (C=O) groups excluding carboxylic acids is 1. The molecule has 1 amide bonds. The van der Waals surface area contributed by atoms with Crippen LogP contribution in [0.5, 0.6) is 0 Å². The maximum Gasteiger partial charge on any atom is 0.410 e. The van der Waals surface area contributed by atoms with Gasteiger partial charge in [-0.3, -0.25) is 0 Å². The van der Waals surface area contributed by atoms with Gasteiger partial charge in [0.2, 0.25) is 0 Å². The average molecular weight is 349 g/mol. The van der Waals surface area contributed by atoms with E-state index >= 15 is 0 Å². The van der Waals surface area contributed by atoms with Crippen LogP contribution in [-0.2, 0) is 4.74 Å². The van der Waals surface area contributed by atoms with Gasteiger partial charge in [-0.15, -0.1) is 0 Å². The number of anilines is 1. The van der Waals surface area contributed by atoms with Crippen LogP contribution in [0.4, 0.5) is 10.5 Å². The lowest BCUT2D eigenvalue weighted by atomic mass is 10.0. The van der Waals surface area contributed by atoms with E-state index < -0.39 is 5.60 Å². The SMILES string of the molecule is CCCCN(C(=O)OC(C)(C)C)C(C)c1ccc(C)c(NC(C)C)c1. The van der Waals surface area contributed by atoms with E-state index in [0.717, 1.165) is 24.1 Å². The summed E-state index contributed by atoms with van der Waals surface area (Å²) in [5.74, 6) is 0. The van der Waals surface area contributed by atoms with Crippen molar-refractivity contribution in [3.8, 4) is 0 Å². The second-order valence-electron chi connectivity index (χ2n) is 8.08. The first-order valence-corrected chi connectivity index (χ1v) is 9.41. The first-order chi connectivity index (χ1) is 11.5. The quantitative estimate of drug-likeness (QED) is 0.665. The molecule has 142 valence electrons. The van der Waals surface area contributed by atoms with Crippen molar-refractivity contribution in [3.63, 3.8) is 0 Å². The van der Waals surface area contributed by atoms with Crippen molar-refractivity contribution in [2.45, 2.75) is 85.9 Å². The summed E-state index contributed by atoms with van der Waals surface area (Å²) >= 11 is 0. The summed E-state index contributed by atoms with van der Waals surface area (Å²) in [6.07, 6.45) is 1.76. The highest BCUT2D eigenvalue weighted by atomic mass is 16.6. The van der Waals surface area contributed by atoms with Crippen molar-refractivity contribution in [1.29, 1.82) is 0 Å². The summed E-state index contributed by atoms with van der Waals surface area (Å²) < 4.78 is 5.63. The van der Waals surface area contributed by atoms with Gasteiger partial charge in [0, 0.05) is 18.3 Å². The molecule has 0 saturated heterocycles. The number of nitrogens with zero attached hydrogens (tertiary/aromatic N) is 1. The lowest BCUT2D eigenvalue weighted by Gasteiger charge is -2.32. The summed E-state index contributed by atoms with van der Waals surface area (Å²) in [4.78, 5) is 14.5. The highest BCUT2D eigenvalue weighted by Crippen LogP contribution is 2.27. The first-order valence-electron chi connectivity index (χ1n) is 9.41. The molecule has 25 heavy (non-hydrogen) atoms. The third kappa shape index (κ3) is 6.97. The molecule has 1 rings (SSSR count). The average Bonchev–Trinajstić information content (AvgIpc) is 2.47. The predicted molar refractivity (Wildman–Crippen MR) is 106 cm³/mol. The van der Waals surface area contributed by atoms with Crippen LogP contribution in [0.25, 0.3) is 0 Å². The van der Waals surface area contributed by atoms with Crippen molar-refractivity contribution in [2.75, 3.05) is 11.9 Å². The van der Waals surface area contributed by atoms with Crippen molar-refractivity contribution >= 4 is 11.8 Å². The van der Waals surface area contributed by atoms with Crippen LogP contribution in [0.15, 0.2) is 18.2 Å². The van der Waals surface area contributed by atoms with Crippen molar-refractivity contribution in [1.82, 2.24) is 4.90 Å². The molecule has 4 nitrogen and oxygen atoms in total. The minimum Gasteiger partial charge on any atom is -0.444 e. The molecule has 0 radical (unpaired) electrons. The van der Waals surface area contributed by atoms with E-state index in [-0.39, 0.29) is 12.1 Å². The number of rotatable bonds is 7. The molecule has 1 atom stereocenters. The third-order valence-electron chi connectivity index (χ3n) is 4.04. The standard InChI is InChI=1S/C21H36N2O2/c1-9-10-13-23(20(24)25-21(6,7)8)17(5)18-12-11-16(4)19(14-18)22-15(2)3/h11-12,14-15,17,22H,9-10,13H2,1-8H3. The number of ether oxygens (including phenoxy) is 1.